The van der Waals surface area contributed by atoms with Crippen molar-refractivity contribution in [1.82, 2.24) is 10.2 Å². The van der Waals surface area contributed by atoms with E-state index in [0.717, 1.165) is 4.47 Å². The highest BCUT2D eigenvalue weighted by atomic mass is 79.9. The van der Waals surface area contributed by atoms with Crippen molar-refractivity contribution in [2.24, 2.45) is 0 Å². The zero-order valence-corrected chi connectivity index (χ0v) is 12.0. The quantitative estimate of drug-likeness (QED) is 0.807. The molecule has 0 saturated heterocycles. The van der Waals surface area contributed by atoms with Gasteiger partial charge < -0.3 is 15.8 Å². The summed E-state index contributed by atoms with van der Waals surface area (Å²) in [7, 11) is 1.57. The molecule has 1 amide bonds. The van der Waals surface area contributed by atoms with Crippen molar-refractivity contribution in [3.8, 4) is 5.75 Å². The van der Waals surface area contributed by atoms with Gasteiger partial charge in [-0.15, -0.1) is 0 Å². The summed E-state index contributed by atoms with van der Waals surface area (Å²) in [4.78, 5) is 12.0. The van der Waals surface area contributed by atoms with Crippen LogP contribution in [0.4, 0.5) is 11.4 Å². The lowest BCUT2D eigenvalue weighted by atomic mass is 10.2. The number of ether oxygens (including phenoxy) is 1. The Kier molecular flexibility index (Phi) is 3.75. The minimum atomic E-state index is -0.362. The third kappa shape index (κ3) is 2.70. The Balaban J connectivity index is 2.19. The van der Waals surface area contributed by atoms with Gasteiger partial charge in [-0.3, -0.25) is 9.89 Å². The fourth-order valence-corrected chi connectivity index (χ4v) is 2.09. The Labute approximate surface area is 118 Å². The van der Waals surface area contributed by atoms with E-state index in [0.29, 0.717) is 22.8 Å². The van der Waals surface area contributed by atoms with E-state index in [4.69, 9.17) is 10.5 Å². The Morgan fingerprint density at radius 3 is 2.79 bits per heavy atom. The van der Waals surface area contributed by atoms with Crippen LogP contribution in [0.1, 0.15) is 16.2 Å². The smallest absolute Gasteiger partial charge is 0.278 e. The van der Waals surface area contributed by atoms with Crippen molar-refractivity contribution in [2.75, 3.05) is 18.2 Å². The number of methoxy groups -OCH3 is 1. The van der Waals surface area contributed by atoms with Crippen LogP contribution >= 0.6 is 15.9 Å². The molecular formula is C12H13BrN4O2. The highest BCUT2D eigenvalue weighted by Gasteiger charge is 2.15. The summed E-state index contributed by atoms with van der Waals surface area (Å²) in [5.41, 5.74) is 7.58. The second kappa shape index (κ2) is 5.31. The average Bonchev–Trinajstić information content (AvgIpc) is 2.70. The third-order valence-corrected chi connectivity index (χ3v) is 3.24. The Bertz CT molecular complexity index is 624. The van der Waals surface area contributed by atoms with Gasteiger partial charge in [-0.05, 0) is 41.1 Å². The van der Waals surface area contributed by atoms with Gasteiger partial charge in [0.1, 0.15) is 5.75 Å². The first-order valence-corrected chi connectivity index (χ1v) is 6.27. The van der Waals surface area contributed by atoms with Crippen LogP contribution in [0.3, 0.4) is 0 Å². The van der Waals surface area contributed by atoms with E-state index in [9.17, 15) is 4.79 Å². The van der Waals surface area contributed by atoms with E-state index in [1.165, 1.54) is 0 Å². The maximum Gasteiger partial charge on any atom is 0.278 e. The first-order valence-electron chi connectivity index (χ1n) is 5.48. The molecule has 0 bridgehead atoms. The predicted octanol–water partition coefficient (Wildman–Crippen LogP) is 2.32. The molecule has 0 fully saturated rings. The van der Waals surface area contributed by atoms with E-state index in [1.54, 1.807) is 32.2 Å². The van der Waals surface area contributed by atoms with Crippen molar-refractivity contribution in [3.63, 3.8) is 0 Å². The molecule has 1 aromatic carbocycles. The van der Waals surface area contributed by atoms with Crippen molar-refractivity contribution < 1.29 is 9.53 Å². The highest BCUT2D eigenvalue weighted by molar-refractivity contribution is 9.10. The fourth-order valence-electron chi connectivity index (χ4n) is 1.55. The molecule has 0 unspecified atom stereocenters. The van der Waals surface area contributed by atoms with E-state index in [2.05, 4.69) is 31.4 Å². The molecule has 0 aliphatic carbocycles. The number of benzene rings is 1. The maximum atomic E-state index is 12.0. The van der Waals surface area contributed by atoms with E-state index < -0.39 is 0 Å². The Morgan fingerprint density at radius 2 is 2.26 bits per heavy atom. The Hall–Kier alpha value is -2.02. The van der Waals surface area contributed by atoms with Crippen LogP contribution in [-0.2, 0) is 0 Å². The minimum Gasteiger partial charge on any atom is -0.496 e. The number of aryl methyl sites for hydroxylation is 1. The molecule has 0 spiro atoms. The molecule has 4 N–H and O–H groups in total. The summed E-state index contributed by atoms with van der Waals surface area (Å²) in [6.45, 7) is 1.75. The van der Waals surface area contributed by atoms with Gasteiger partial charge in [-0.2, -0.15) is 5.10 Å². The maximum absolute atomic E-state index is 12.0. The number of anilines is 2. The van der Waals surface area contributed by atoms with Gasteiger partial charge in [0.2, 0.25) is 0 Å². The van der Waals surface area contributed by atoms with Crippen LogP contribution in [0.2, 0.25) is 0 Å². The second-order valence-corrected chi connectivity index (χ2v) is 4.77. The number of hydrogen-bond donors (Lipinski definition) is 3. The molecule has 6 nitrogen and oxygen atoms in total. The van der Waals surface area contributed by atoms with Gasteiger partial charge in [-0.1, -0.05) is 0 Å². The molecule has 7 heteroatoms. The van der Waals surface area contributed by atoms with Crippen LogP contribution in [0.25, 0.3) is 0 Å². The molecule has 0 aliphatic rings. The number of hydrogen-bond acceptors (Lipinski definition) is 4. The molecule has 0 saturated carbocycles. The van der Waals surface area contributed by atoms with Crippen molar-refractivity contribution in [1.29, 1.82) is 0 Å². The zero-order valence-electron chi connectivity index (χ0n) is 10.5. The standard InChI is InChI=1S/C12H13BrN4O2/c1-6-10(14)11(17-16-6)12(18)15-7-3-4-9(19-2)8(13)5-7/h3-5H,14H2,1-2H3,(H,15,18)(H,16,17). The molecule has 19 heavy (non-hydrogen) atoms. The molecule has 0 radical (unpaired) electrons. The second-order valence-electron chi connectivity index (χ2n) is 3.91. The summed E-state index contributed by atoms with van der Waals surface area (Å²) < 4.78 is 5.86. The third-order valence-electron chi connectivity index (χ3n) is 2.62. The average molecular weight is 325 g/mol. The van der Waals surface area contributed by atoms with Crippen molar-refractivity contribution >= 4 is 33.2 Å². The molecule has 100 valence electrons. The van der Waals surface area contributed by atoms with Gasteiger partial charge in [0.25, 0.3) is 5.91 Å². The van der Waals surface area contributed by atoms with Crippen LogP contribution in [0.5, 0.6) is 5.75 Å². The number of nitrogens with one attached hydrogen (secondary N) is 2. The van der Waals surface area contributed by atoms with Crippen LogP contribution in [0, 0.1) is 6.92 Å². The lowest BCUT2D eigenvalue weighted by molar-refractivity contribution is 0.102. The summed E-state index contributed by atoms with van der Waals surface area (Å²) in [6, 6.07) is 5.22. The topological polar surface area (TPSA) is 93.0 Å². The summed E-state index contributed by atoms with van der Waals surface area (Å²) in [6.07, 6.45) is 0. The monoisotopic (exact) mass is 324 g/mol. The summed E-state index contributed by atoms with van der Waals surface area (Å²) in [5.74, 6) is 0.326. The van der Waals surface area contributed by atoms with Gasteiger partial charge in [0.05, 0.1) is 23.0 Å². The number of rotatable bonds is 3. The van der Waals surface area contributed by atoms with Crippen LogP contribution in [0.15, 0.2) is 22.7 Å². The largest absolute Gasteiger partial charge is 0.496 e. The van der Waals surface area contributed by atoms with Crippen LogP contribution < -0.4 is 15.8 Å². The fraction of sp³-hybridized carbons (Fsp3) is 0.167. The number of nitrogens with zero attached hydrogens (tertiary/aromatic N) is 1. The lowest BCUT2D eigenvalue weighted by Gasteiger charge is -2.07. The summed E-state index contributed by atoms with van der Waals surface area (Å²) in [5, 5.41) is 9.25. The lowest BCUT2D eigenvalue weighted by Crippen LogP contribution is -2.14. The molecule has 1 aromatic heterocycles. The Morgan fingerprint density at radius 1 is 1.53 bits per heavy atom. The first-order chi connectivity index (χ1) is 9.02. The number of aromatic nitrogens is 2. The van der Waals surface area contributed by atoms with E-state index in [1.807, 2.05) is 0 Å². The number of halogens is 1. The van der Waals surface area contributed by atoms with Crippen molar-refractivity contribution in [3.05, 3.63) is 34.1 Å². The number of aromatic amines is 1. The number of carbonyl (C=O) groups is 1. The number of amides is 1. The SMILES string of the molecule is COc1ccc(NC(=O)c2n[nH]c(C)c2N)cc1Br. The van der Waals surface area contributed by atoms with E-state index in [-0.39, 0.29) is 11.6 Å². The van der Waals surface area contributed by atoms with Gasteiger partial charge >= 0.3 is 0 Å². The first kappa shape index (κ1) is 13.4. The minimum absolute atomic E-state index is 0.185. The molecule has 0 aliphatic heterocycles. The normalized spacial score (nSPS) is 10.3. The molecule has 0 atom stereocenters. The van der Waals surface area contributed by atoms with Crippen molar-refractivity contribution in [2.45, 2.75) is 6.92 Å². The van der Waals surface area contributed by atoms with Gasteiger partial charge in [0, 0.05) is 5.69 Å². The van der Waals surface area contributed by atoms with Gasteiger partial charge in [0.15, 0.2) is 5.69 Å². The molecule has 2 rings (SSSR count). The molecule has 2 aromatic rings. The molecule has 1 heterocycles. The number of nitrogens with two attached hydrogens (primary N) is 1. The summed E-state index contributed by atoms with van der Waals surface area (Å²) >= 11 is 3.35. The van der Waals surface area contributed by atoms with E-state index >= 15 is 0 Å². The van der Waals surface area contributed by atoms with Crippen LogP contribution in [-0.4, -0.2) is 23.2 Å². The number of carbonyl (C=O) groups excluding carboxylic acids is 1. The highest BCUT2D eigenvalue weighted by Crippen LogP contribution is 2.28. The zero-order chi connectivity index (χ0) is 14.0. The number of nitrogen functional groups attached to an aromatic ring is 1. The predicted molar refractivity (Wildman–Crippen MR) is 76.4 cm³/mol. The number of H-pyrrole nitrogens is 1. The van der Waals surface area contributed by atoms with Gasteiger partial charge in [-0.25, -0.2) is 0 Å². The molecular weight excluding hydrogens is 312 g/mol.